The minimum absolute atomic E-state index is 0.395. The van der Waals surface area contributed by atoms with E-state index in [1.165, 1.54) is 0 Å². The van der Waals surface area contributed by atoms with Crippen LogP contribution in [0.1, 0.15) is 15.9 Å². The molecular formula is C17H12BrNO2. The second-order valence-electron chi connectivity index (χ2n) is 4.68. The molecule has 0 fully saturated rings. The average Bonchev–Trinajstić information content (AvgIpc) is 2.50. The van der Waals surface area contributed by atoms with Crippen LogP contribution in [0.15, 0.2) is 59.2 Å². The number of hydrogen-bond donors (Lipinski definition) is 0. The number of para-hydroxylation sites is 1. The van der Waals surface area contributed by atoms with Crippen molar-refractivity contribution in [1.82, 2.24) is 4.98 Å². The number of carbonyl (C=O) groups is 1. The topological polar surface area (TPSA) is 39.2 Å². The maximum Gasteiger partial charge on any atom is 0.343 e. The summed E-state index contributed by atoms with van der Waals surface area (Å²) in [4.78, 5) is 16.5. The third kappa shape index (κ3) is 2.81. The van der Waals surface area contributed by atoms with Crippen LogP contribution in [0.4, 0.5) is 0 Å². The van der Waals surface area contributed by atoms with Gasteiger partial charge in [0.2, 0.25) is 0 Å². The third-order valence-corrected chi connectivity index (χ3v) is 4.06. The molecule has 3 nitrogen and oxygen atoms in total. The molecular weight excluding hydrogens is 330 g/mol. The summed E-state index contributed by atoms with van der Waals surface area (Å²) in [6, 6.07) is 14.7. The van der Waals surface area contributed by atoms with Crippen molar-refractivity contribution in [1.29, 1.82) is 0 Å². The molecule has 4 heteroatoms. The lowest BCUT2D eigenvalue weighted by molar-refractivity contribution is 0.0736. The monoisotopic (exact) mass is 341 g/mol. The number of esters is 1. The zero-order chi connectivity index (χ0) is 14.8. The van der Waals surface area contributed by atoms with Gasteiger partial charge in [-0.1, -0.05) is 40.2 Å². The average molecular weight is 342 g/mol. The first kappa shape index (κ1) is 13.8. The molecule has 0 amide bonds. The Labute approximate surface area is 130 Å². The van der Waals surface area contributed by atoms with Gasteiger partial charge in [-0.05, 0) is 36.8 Å². The Morgan fingerprint density at radius 3 is 2.76 bits per heavy atom. The van der Waals surface area contributed by atoms with Gasteiger partial charge in [-0.15, -0.1) is 0 Å². The Kier molecular flexibility index (Phi) is 3.71. The van der Waals surface area contributed by atoms with E-state index in [2.05, 4.69) is 20.9 Å². The number of fused-ring (bicyclic) bond motifs is 1. The summed E-state index contributed by atoms with van der Waals surface area (Å²) in [7, 11) is 0. The molecule has 0 aliphatic heterocycles. The molecule has 0 unspecified atom stereocenters. The zero-order valence-corrected chi connectivity index (χ0v) is 12.9. The molecule has 1 heterocycles. The van der Waals surface area contributed by atoms with Crippen LogP contribution in [0, 0.1) is 6.92 Å². The normalized spacial score (nSPS) is 10.6. The first-order valence-corrected chi connectivity index (χ1v) is 7.26. The highest BCUT2D eigenvalue weighted by Gasteiger charge is 2.12. The van der Waals surface area contributed by atoms with E-state index in [4.69, 9.17) is 4.74 Å². The Balaban J connectivity index is 1.94. The van der Waals surface area contributed by atoms with Gasteiger partial charge < -0.3 is 4.74 Å². The summed E-state index contributed by atoms with van der Waals surface area (Å²) in [5, 5.41) is 0.938. The number of rotatable bonds is 2. The smallest absolute Gasteiger partial charge is 0.343 e. The molecule has 1 aromatic heterocycles. The van der Waals surface area contributed by atoms with Gasteiger partial charge in [-0.2, -0.15) is 0 Å². The van der Waals surface area contributed by atoms with E-state index in [-0.39, 0.29) is 0 Å². The van der Waals surface area contributed by atoms with Crippen molar-refractivity contribution in [3.63, 3.8) is 0 Å². The van der Waals surface area contributed by atoms with Gasteiger partial charge in [0.15, 0.2) is 5.75 Å². The van der Waals surface area contributed by atoms with Gasteiger partial charge in [0.05, 0.1) is 5.56 Å². The SMILES string of the molecule is Cc1ccc(C(=O)Oc2cccc3cccnc23)cc1Br. The van der Waals surface area contributed by atoms with Gasteiger partial charge in [-0.3, -0.25) is 4.98 Å². The number of aryl methyl sites for hydroxylation is 1. The Hall–Kier alpha value is -2.20. The lowest BCUT2D eigenvalue weighted by Crippen LogP contribution is -2.09. The molecule has 0 atom stereocenters. The number of aromatic nitrogens is 1. The van der Waals surface area contributed by atoms with Gasteiger partial charge in [0, 0.05) is 16.1 Å². The summed E-state index contributed by atoms with van der Waals surface area (Å²) in [6.07, 6.45) is 1.68. The molecule has 3 rings (SSSR count). The highest BCUT2D eigenvalue weighted by Crippen LogP contribution is 2.24. The molecule has 0 saturated heterocycles. The molecule has 0 N–H and O–H groups in total. The van der Waals surface area contributed by atoms with Gasteiger partial charge in [0.25, 0.3) is 0 Å². The van der Waals surface area contributed by atoms with E-state index in [0.29, 0.717) is 16.8 Å². The van der Waals surface area contributed by atoms with Crippen LogP contribution in [-0.4, -0.2) is 11.0 Å². The van der Waals surface area contributed by atoms with E-state index < -0.39 is 5.97 Å². The third-order valence-electron chi connectivity index (χ3n) is 3.21. The zero-order valence-electron chi connectivity index (χ0n) is 11.3. The van der Waals surface area contributed by atoms with E-state index in [1.54, 1.807) is 24.4 Å². The van der Waals surface area contributed by atoms with Crippen LogP contribution in [0.5, 0.6) is 5.75 Å². The van der Waals surface area contributed by atoms with E-state index in [1.807, 2.05) is 37.3 Å². The fourth-order valence-corrected chi connectivity index (χ4v) is 2.42. The molecule has 0 spiro atoms. The Bertz CT molecular complexity index is 825. The summed E-state index contributed by atoms with van der Waals surface area (Å²) in [6.45, 7) is 1.97. The maximum absolute atomic E-state index is 12.3. The second-order valence-corrected chi connectivity index (χ2v) is 5.54. The van der Waals surface area contributed by atoms with Crippen molar-refractivity contribution in [3.8, 4) is 5.75 Å². The van der Waals surface area contributed by atoms with Crippen molar-refractivity contribution in [3.05, 3.63) is 70.3 Å². The fourth-order valence-electron chi connectivity index (χ4n) is 2.04. The van der Waals surface area contributed by atoms with Crippen LogP contribution in [0.25, 0.3) is 10.9 Å². The van der Waals surface area contributed by atoms with E-state index >= 15 is 0 Å². The van der Waals surface area contributed by atoms with Crippen molar-refractivity contribution < 1.29 is 9.53 Å². The highest BCUT2D eigenvalue weighted by molar-refractivity contribution is 9.10. The molecule has 2 aromatic carbocycles. The second kappa shape index (κ2) is 5.66. The molecule has 104 valence electrons. The van der Waals surface area contributed by atoms with Gasteiger partial charge in [0.1, 0.15) is 5.52 Å². The summed E-state index contributed by atoms with van der Waals surface area (Å²) < 4.78 is 6.37. The minimum Gasteiger partial charge on any atom is -0.421 e. The quantitative estimate of drug-likeness (QED) is 0.508. The van der Waals surface area contributed by atoms with Crippen molar-refractivity contribution in [2.24, 2.45) is 0 Å². The molecule has 0 bridgehead atoms. The van der Waals surface area contributed by atoms with Gasteiger partial charge in [-0.25, -0.2) is 4.79 Å². The summed E-state index contributed by atoms with van der Waals surface area (Å²) in [5.74, 6) is 0.0728. The first-order valence-electron chi connectivity index (χ1n) is 6.47. The number of ether oxygens (including phenoxy) is 1. The van der Waals surface area contributed by atoms with Crippen molar-refractivity contribution in [2.75, 3.05) is 0 Å². The lowest BCUT2D eigenvalue weighted by atomic mass is 10.1. The summed E-state index contributed by atoms with van der Waals surface area (Å²) in [5.41, 5.74) is 2.25. The largest absolute Gasteiger partial charge is 0.421 e. The van der Waals surface area contributed by atoms with E-state index in [0.717, 1.165) is 15.4 Å². The van der Waals surface area contributed by atoms with Crippen LogP contribution in [-0.2, 0) is 0 Å². The first-order chi connectivity index (χ1) is 10.1. The van der Waals surface area contributed by atoms with Gasteiger partial charge >= 0.3 is 5.97 Å². The van der Waals surface area contributed by atoms with Crippen molar-refractivity contribution in [2.45, 2.75) is 6.92 Å². The minimum atomic E-state index is -0.395. The maximum atomic E-state index is 12.3. The van der Waals surface area contributed by atoms with Crippen LogP contribution in [0.3, 0.4) is 0 Å². The highest BCUT2D eigenvalue weighted by atomic mass is 79.9. The standard InChI is InChI=1S/C17H12BrNO2/c1-11-7-8-13(10-14(11)18)17(20)21-15-6-2-4-12-5-3-9-19-16(12)15/h2-10H,1H3. The Morgan fingerprint density at radius 1 is 1.14 bits per heavy atom. The predicted molar refractivity (Wildman–Crippen MR) is 85.6 cm³/mol. The number of pyridine rings is 1. The number of halogens is 1. The van der Waals surface area contributed by atoms with Crippen LogP contribution in [0.2, 0.25) is 0 Å². The fraction of sp³-hybridized carbons (Fsp3) is 0.0588. The number of hydrogen-bond acceptors (Lipinski definition) is 3. The number of nitrogens with zero attached hydrogens (tertiary/aromatic N) is 1. The van der Waals surface area contributed by atoms with Crippen LogP contribution >= 0.6 is 15.9 Å². The Morgan fingerprint density at radius 2 is 1.95 bits per heavy atom. The lowest BCUT2D eigenvalue weighted by Gasteiger charge is -2.08. The molecule has 0 radical (unpaired) electrons. The molecule has 21 heavy (non-hydrogen) atoms. The van der Waals surface area contributed by atoms with Crippen LogP contribution < -0.4 is 4.74 Å². The molecule has 0 saturated carbocycles. The van der Waals surface area contributed by atoms with E-state index in [9.17, 15) is 4.79 Å². The predicted octanol–water partition coefficient (Wildman–Crippen LogP) is 4.52. The number of carbonyl (C=O) groups excluding carboxylic acids is 1. The number of benzene rings is 2. The molecule has 0 aliphatic rings. The van der Waals surface area contributed by atoms with Crippen molar-refractivity contribution >= 4 is 32.8 Å². The molecule has 0 aliphatic carbocycles. The molecule has 3 aromatic rings. The summed E-state index contributed by atoms with van der Waals surface area (Å²) >= 11 is 3.42.